The Balaban J connectivity index is 0.000000151. The fourth-order valence-electron chi connectivity index (χ4n) is 6.74. The summed E-state index contributed by atoms with van der Waals surface area (Å²) in [4.78, 5) is 45.3. The summed E-state index contributed by atoms with van der Waals surface area (Å²) >= 11 is 0. The molecule has 0 aromatic heterocycles. The number of carbonyl (C=O) groups excluding carboxylic acids is 4. The molecule has 1 aliphatic heterocycles. The highest BCUT2D eigenvalue weighted by Gasteiger charge is 2.36. The van der Waals surface area contributed by atoms with Crippen molar-refractivity contribution in [3.05, 3.63) is 137 Å². The van der Waals surface area contributed by atoms with Crippen LogP contribution in [0.25, 0.3) is 22.3 Å². The van der Waals surface area contributed by atoms with Gasteiger partial charge in [-0.25, -0.2) is 9.59 Å². The second kappa shape index (κ2) is 15.9. The zero-order chi connectivity index (χ0) is 36.2. The second-order valence-corrected chi connectivity index (χ2v) is 13.6. The van der Waals surface area contributed by atoms with Crippen LogP contribution in [0.2, 0.25) is 0 Å². The zero-order valence-corrected chi connectivity index (χ0v) is 28.8. The van der Waals surface area contributed by atoms with Crippen molar-refractivity contribution >= 4 is 40.6 Å². The van der Waals surface area contributed by atoms with Gasteiger partial charge in [0.2, 0.25) is 0 Å². The van der Waals surface area contributed by atoms with Gasteiger partial charge in [0.1, 0.15) is 0 Å². The molecule has 0 bridgehead atoms. The first-order valence-electron chi connectivity index (χ1n) is 17.1. The van der Waals surface area contributed by atoms with Crippen LogP contribution in [-0.2, 0) is 4.74 Å². The fraction of sp³-hybridized carbons (Fsp3) is 0.227. The van der Waals surface area contributed by atoms with Crippen molar-refractivity contribution in [2.45, 2.75) is 59.3 Å². The standard InChI is InChI=1S/C19H17N.C13H20N2.C11H4O5.CH4/c1-14-2-4-15(5-3-14)16-6-8-17(9-7-16)18-10-12-19(20)13-11-18;1-9-2-4-10(5-3-9)11-6-12(14)8-13(15)7-11;12-8-3-9(13)5-2-7-6(1-4(5)8)10(14)16-11(7)15;/h2-13H,20H2,1H3;6-10H,2-5,14-15H2,1H3;1-2H,3H2;1H4. The second-order valence-electron chi connectivity index (χ2n) is 13.6. The Morgan fingerprint density at radius 1 is 0.519 bits per heavy atom. The Morgan fingerprint density at radius 3 is 1.37 bits per heavy atom. The number of carbonyl (C=O) groups is 4. The summed E-state index contributed by atoms with van der Waals surface area (Å²) in [5, 5.41) is 0. The maximum Gasteiger partial charge on any atom is 0.346 e. The van der Waals surface area contributed by atoms with Gasteiger partial charge in [0.05, 0.1) is 17.5 Å². The number of ether oxygens (including phenoxy) is 1. The average molecular weight is 696 g/mol. The van der Waals surface area contributed by atoms with E-state index in [1.54, 1.807) is 0 Å². The molecule has 266 valence electrons. The van der Waals surface area contributed by atoms with E-state index in [-0.39, 0.29) is 47.7 Å². The van der Waals surface area contributed by atoms with Crippen molar-refractivity contribution in [2.24, 2.45) is 5.92 Å². The predicted octanol–water partition coefficient (Wildman–Crippen LogP) is 9.46. The first-order chi connectivity index (χ1) is 24.4. The maximum absolute atomic E-state index is 11.4. The van der Waals surface area contributed by atoms with Crippen molar-refractivity contribution in [2.75, 3.05) is 17.2 Å². The summed E-state index contributed by atoms with van der Waals surface area (Å²) in [6.07, 6.45) is 5.04. The minimum atomic E-state index is -0.769. The van der Waals surface area contributed by atoms with Gasteiger partial charge in [-0.1, -0.05) is 93.4 Å². The third-order valence-corrected chi connectivity index (χ3v) is 9.71. The average Bonchev–Trinajstić information content (AvgIpc) is 3.56. The molecule has 0 saturated heterocycles. The number of hydrogen-bond donors (Lipinski definition) is 3. The van der Waals surface area contributed by atoms with E-state index in [2.05, 4.69) is 91.4 Å². The van der Waals surface area contributed by atoms with Crippen LogP contribution >= 0.6 is 0 Å². The zero-order valence-electron chi connectivity index (χ0n) is 28.8. The Morgan fingerprint density at radius 2 is 0.923 bits per heavy atom. The van der Waals surface area contributed by atoms with E-state index in [1.807, 2.05) is 18.2 Å². The van der Waals surface area contributed by atoms with Crippen molar-refractivity contribution < 1.29 is 23.9 Å². The molecule has 3 aliphatic rings. The van der Waals surface area contributed by atoms with Crippen LogP contribution in [0, 0.1) is 12.8 Å². The van der Waals surface area contributed by atoms with E-state index in [1.165, 1.54) is 71.2 Å². The number of ketones is 2. The SMILES string of the molecule is C.CC1CCC(c2cc(N)cc(N)c2)CC1.Cc1ccc(-c2ccc(-c3ccc(N)cc3)cc2)cc1.O=C1CC(=O)c2cc3c(cc21)C(=O)OC3=O. The van der Waals surface area contributed by atoms with Gasteiger partial charge >= 0.3 is 11.9 Å². The quantitative estimate of drug-likeness (QED) is 0.0958. The lowest BCUT2D eigenvalue weighted by Gasteiger charge is -2.26. The fourth-order valence-corrected chi connectivity index (χ4v) is 6.74. The van der Waals surface area contributed by atoms with Crippen molar-refractivity contribution in [3.63, 3.8) is 0 Å². The van der Waals surface area contributed by atoms with E-state index in [9.17, 15) is 19.2 Å². The number of anilines is 3. The molecule has 8 heteroatoms. The minimum absolute atomic E-state index is 0. The van der Waals surface area contributed by atoms with Gasteiger partial charge in [-0.2, -0.15) is 0 Å². The molecule has 1 heterocycles. The highest BCUT2D eigenvalue weighted by Crippen LogP contribution is 2.37. The normalized spacial score (nSPS) is 17.0. The van der Waals surface area contributed by atoms with E-state index >= 15 is 0 Å². The number of benzene rings is 5. The maximum atomic E-state index is 11.4. The number of nitrogen functional groups attached to an aromatic ring is 3. The molecule has 0 atom stereocenters. The molecule has 5 aromatic carbocycles. The lowest BCUT2D eigenvalue weighted by molar-refractivity contribution is 0.0443. The van der Waals surface area contributed by atoms with Crippen LogP contribution in [0.1, 0.15) is 105 Å². The van der Waals surface area contributed by atoms with Gasteiger partial charge in [0.25, 0.3) is 0 Å². The van der Waals surface area contributed by atoms with Gasteiger partial charge in [-0.15, -0.1) is 0 Å². The molecule has 0 radical (unpaired) electrons. The molecule has 0 spiro atoms. The number of aryl methyl sites for hydroxylation is 1. The Bertz CT molecular complexity index is 1930. The molecule has 8 nitrogen and oxygen atoms in total. The van der Waals surface area contributed by atoms with Crippen LogP contribution in [-0.4, -0.2) is 23.5 Å². The molecule has 0 amide bonds. The molecule has 1 fully saturated rings. The van der Waals surface area contributed by atoms with Crippen LogP contribution in [0.4, 0.5) is 17.1 Å². The largest absolute Gasteiger partial charge is 0.399 e. The van der Waals surface area contributed by atoms with Gasteiger partial charge in [0.15, 0.2) is 11.6 Å². The number of nitrogens with two attached hydrogens (primary N) is 3. The molecule has 6 N–H and O–H groups in total. The monoisotopic (exact) mass is 695 g/mol. The van der Waals surface area contributed by atoms with Gasteiger partial charge in [0, 0.05) is 28.2 Å². The first-order valence-corrected chi connectivity index (χ1v) is 17.1. The van der Waals surface area contributed by atoms with Gasteiger partial charge in [-0.3, -0.25) is 9.59 Å². The number of rotatable bonds is 3. The first kappa shape index (κ1) is 37.2. The number of cyclic esters (lactones) is 2. The number of fused-ring (bicyclic) bond motifs is 2. The Kier molecular flexibility index (Phi) is 11.4. The molecule has 0 unspecified atom stereocenters. The van der Waals surface area contributed by atoms with E-state index in [0.717, 1.165) is 23.0 Å². The summed E-state index contributed by atoms with van der Waals surface area (Å²) in [5.74, 6) is -0.624. The van der Waals surface area contributed by atoms with Crippen molar-refractivity contribution in [3.8, 4) is 22.3 Å². The highest BCUT2D eigenvalue weighted by molar-refractivity contribution is 6.26. The van der Waals surface area contributed by atoms with E-state index in [0.29, 0.717) is 5.92 Å². The van der Waals surface area contributed by atoms with Crippen molar-refractivity contribution in [1.82, 2.24) is 0 Å². The van der Waals surface area contributed by atoms with E-state index in [4.69, 9.17) is 17.2 Å². The molecule has 8 rings (SSSR count). The summed E-state index contributed by atoms with van der Waals surface area (Å²) in [6.45, 7) is 4.44. The van der Waals surface area contributed by atoms with Crippen LogP contribution in [0.15, 0.2) is 103 Å². The topological polar surface area (TPSA) is 156 Å². The predicted molar refractivity (Wildman–Crippen MR) is 208 cm³/mol. The van der Waals surface area contributed by atoms with Crippen LogP contribution < -0.4 is 17.2 Å². The molecule has 52 heavy (non-hydrogen) atoms. The summed E-state index contributed by atoms with van der Waals surface area (Å²) < 4.78 is 4.38. The van der Waals surface area contributed by atoms with Crippen molar-refractivity contribution in [1.29, 1.82) is 0 Å². The van der Waals surface area contributed by atoms with E-state index < -0.39 is 11.9 Å². The number of hydrogen-bond acceptors (Lipinski definition) is 8. The van der Waals surface area contributed by atoms with Gasteiger partial charge in [-0.05, 0) is 102 Å². The third-order valence-electron chi connectivity index (χ3n) is 9.71. The van der Waals surface area contributed by atoms with Crippen LogP contribution in [0.5, 0.6) is 0 Å². The summed E-state index contributed by atoms with van der Waals surface area (Å²) in [6, 6.07) is 33.7. The Hall–Kier alpha value is -6.02. The summed E-state index contributed by atoms with van der Waals surface area (Å²) in [5.41, 5.74) is 27.8. The summed E-state index contributed by atoms with van der Waals surface area (Å²) in [7, 11) is 0. The third kappa shape index (κ3) is 8.46. The van der Waals surface area contributed by atoms with Gasteiger partial charge < -0.3 is 21.9 Å². The lowest BCUT2D eigenvalue weighted by atomic mass is 9.79. The molecular weight excluding hydrogens is 651 g/mol. The molecule has 2 aliphatic carbocycles. The molecule has 5 aromatic rings. The molecule has 1 saturated carbocycles. The Labute approximate surface area is 305 Å². The highest BCUT2D eigenvalue weighted by atomic mass is 16.6. The number of esters is 2. The number of Topliss-reactive ketones (excluding diaryl/α,β-unsaturated/α-hetero) is 2. The minimum Gasteiger partial charge on any atom is -0.399 e. The lowest BCUT2D eigenvalue weighted by Crippen LogP contribution is -2.11. The van der Waals surface area contributed by atoms with Crippen LogP contribution in [0.3, 0.4) is 0 Å². The smallest absolute Gasteiger partial charge is 0.346 e. The molecular formula is C44H45N3O5.